The molecule has 2 rings (SSSR count). The second-order valence-corrected chi connectivity index (χ2v) is 6.26. The first-order valence-electron chi connectivity index (χ1n) is 6.95. The third-order valence-corrected chi connectivity index (χ3v) is 5.20. The Morgan fingerprint density at radius 1 is 1.37 bits per heavy atom. The first-order chi connectivity index (χ1) is 9.13. The van der Waals surface area contributed by atoms with E-state index in [1.165, 1.54) is 6.42 Å². The first-order valence-corrected chi connectivity index (χ1v) is 7.89. The van der Waals surface area contributed by atoms with E-state index < -0.39 is 0 Å². The fourth-order valence-electron chi connectivity index (χ4n) is 2.56. The topological polar surface area (TPSA) is 49.9 Å². The molecule has 0 N–H and O–H groups in total. The Balaban J connectivity index is 1.93. The number of piperidine rings is 1. The molecule has 0 aromatic carbocycles. The van der Waals surface area contributed by atoms with Crippen molar-refractivity contribution in [1.82, 2.24) is 9.80 Å². The number of hydrogen-bond acceptors (Lipinski definition) is 5. The average Bonchev–Trinajstić information content (AvgIpc) is 2.68. The van der Waals surface area contributed by atoms with Gasteiger partial charge in [0.1, 0.15) is 5.37 Å². The van der Waals surface area contributed by atoms with Crippen molar-refractivity contribution in [1.29, 1.82) is 0 Å². The van der Waals surface area contributed by atoms with Gasteiger partial charge in [0, 0.05) is 7.05 Å². The van der Waals surface area contributed by atoms with Gasteiger partial charge in [-0.25, -0.2) is 0 Å². The third-order valence-electron chi connectivity index (χ3n) is 3.65. The number of ether oxygens (including phenoxy) is 1. The molecule has 0 aromatic heterocycles. The highest BCUT2D eigenvalue weighted by atomic mass is 32.2. The van der Waals surface area contributed by atoms with Gasteiger partial charge in [-0.2, -0.15) is 0 Å². The number of thioether (sulfide) groups is 1. The molecule has 5 nitrogen and oxygen atoms in total. The summed E-state index contributed by atoms with van der Waals surface area (Å²) in [5.74, 6) is -0.0971. The lowest BCUT2D eigenvalue weighted by atomic mass is 10.1. The molecule has 19 heavy (non-hydrogen) atoms. The SMILES string of the molecule is CCOC(=O)CC1SC(N2CCCCC2)C(=O)N1C. The second kappa shape index (κ2) is 6.61. The molecule has 2 fully saturated rings. The Bertz CT molecular complexity index is 345. The average molecular weight is 286 g/mol. The van der Waals surface area contributed by atoms with Crippen LogP contribution in [-0.4, -0.2) is 59.2 Å². The Labute approximate surface area is 118 Å². The fraction of sp³-hybridized carbons (Fsp3) is 0.846. The molecule has 2 heterocycles. The molecular weight excluding hydrogens is 264 g/mol. The highest BCUT2D eigenvalue weighted by Gasteiger charge is 2.42. The van der Waals surface area contributed by atoms with Gasteiger partial charge in [0.15, 0.2) is 0 Å². The van der Waals surface area contributed by atoms with Gasteiger partial charge in [-0.15, -0.1) is 11.8 Å². The summed E-state index contributed by atoms with van der Waals surface area (Å²) in [4.78, 5) is 27.8. The third kappa shape index (κ3) is 3.42. The van der Waals surface area contributed by atoms with Crippen LogP contribution in [-0.2, 0) is 14.3 Å². The molecule has 2 unspecified atom stereocenters. The molecule has 2 aliphatic heterocycles. The largest absolute Gasteiger partial charge is 0.466 e. The maximum Gasteiger partial charge on any atom is 0.308 e. The lowest BCUT2D eigenvalue weighted by Crippen LogP contribution is -2.42. The molecular formula is C13H22N2O3S. The van der Waals surface area contributed by atoms with Crippen molar-refractivity contribution in [2.75, 3.05) is 26.7 Å². The van der Waals surface area contributed by atoms with Crippen molar-refractivity contribution >= 4 is 23.6 Å². The van der Waals surface area contributed by atoms with Gasteiger partial charge in [-0.05, 0) is 32.9 Å². The standard InChI is InChI=1S/C13H22N2O3S/c1-3-18-11(16)9-10-14(2)12(17)13(19-10)15-7-5-4-6-8-15/h10,13H,3-9H2,1-2H3. The van der Waals surface area contributed by atoms with E-state index in [2.05, 4.69) is 4.90 Å². The van der Waals surface area contributed by atoms with Crippen LogP contribution in [0, 0.1) is 0 Å². The van der Waals surface area contributed by atoms with E-state index in [4.69, 9.17) is 4.74 Å². The number of carbonyl (C=O) groups excluding carboxylic acids is 2. The molecule has 0 radical (unpaired) electrons. The van der Waals surface area contributed by atoms with Gasteiger partial charge in [0.2, 0.25) is 0 Å². The molecule has 0 bridgehead atoms. The Morgan fingerprint density at radius 3 is 2.68 bits per heavy atom. The van der Waals surface area contributed by atoms with Crippen molar-refractivity contribution in [3.05, 3.63) is 0 Å². The zero-order chi connectivity index (χ0) is 13.8. The fourth-order valence-corrected chi connectivity index (χ4v) is 4.04. The van der Waals surface area contributed by atoms with Crippen molar-refractivity contribution in [3.8, 4) is 0 Å². The minimum atomic E-state index is -0.223. The summed E-state index contributed by atoms with van der Waals surface area (Å²) in [6, 6.07) is 0. The quantitative estimate of drug-likeness (QED) is 0.729. The van der Waals surface area contributed by atoms with Crippen LogP contribution in [0.1, 0.15) is 32.6 Å². The lowest BCUT2D eigenvalue weighted by Gasteiger charge is -2.30. The monoisotopic (exact) mass is 286 g/mol. The Kier molecular flexibility index (Phi) is 5.10. The maximum absolute atomic E-state index is 12.3. The molecule has 6 heteroatoms. The van der Waals surface area contributed by atoms with Gasteiger partial charge < -0.3 is 9.64 Å². The summed E-state index contributed by atoms with van der Waals surface area (Å²) >= 11 is 1.59. The van der Waals surface area contributed by atoms with Crippen LogP contribution in [0.15, 0.2) is 0 Å². The van der Waals surface area contributed by atoms with Crippen LogP contribution in [0.4, 0.5) is 0 Å². The van der Waals surface area contributed by atoms with Crippen molar-refractivity contribution in [2.45, 2.75) is 43.4 Å². The number of hydrogen-bond donors (Lipinski definition) is 0. The number of esters is 1. The smallest absolute Gasteiger partial charge is 0.308 e. The summed E-state index contributed by atoms with van der Waals surface area (Å²) in [6.45, 7) is 4.17. The van der Waals surface area contributed by atoms with Crippen molar-refractivity contribution in [3.63, 3.8) is 0 Å². The van der Waals surface area contributed by atoms with Crippen LogP contribution >= 0.6 is 11.8 Å². The Hall–Kier alpha value is -0.750. The van der Waals surface area contributed by atoms with E-state index >= 15 is 0 Å². The normalized spacial score (nSPS) is 28.7. The number of nitrogens with zero attached hydrogens (tertiary/aromatic N) is 2. The molecule has 2 aliphatic rings. The van der Waals surface area contributed by atoms with Gasteiger partial charge >= 0.3 is 5.97 Å². The van der Waals surface area contributed by atoms with E-state index in [1.807, 2.05) is 0 Å². The van der Waals surface area contributed by atoms with E-state index in [0.29, 0.717) is 6.61 Å². The highest BCUT2D eigenvalue weighted by Crippen LogP contribution is 2.35. The number of amides is 1. The summed E-state index contributed by atoms with van der Waals surface area (Å²) in [6.07, 6.45) is 3.86. The summed E-state index contributed by atoms with van der Waals surface area (Å²) in [7, 11) is 1.78. The second-order valence-electron chi connectivity index (χ2n) is 5.00. The van der Waals surface area contributed by atoms with Gasteiger partial charge in [0.05, 0.1) is 18.4 Å². The lowest BCUT2D eigenvalue weighted by molar-refractivity contribution is -0.144. The van der Waals surface area contributed by atoms with Crippen molar-refractivity contribution < 1.29 is 14.3 Å². The number of likely N-dealkylation sites (tertiary alicyclic amines) is 1. The number of rotatable bonds is 4. The van der Waals surface area contributed by atoms with E-state index in [1.54, 1.807) is 30.6 Å². The predicted octanol–water partition coefficient (Wildman–Crippen LogP) is 1.28. The van der Waals surface area contributed by atoms with Gasteiger partial charge in [0.25, 0.3) is 5.91 Å². The minimum Gasteiger partial charge on any atom is -0.466 e. The highest BCUT2D eigenvalue weighted by molar-refractivity contribution is 8.01. The summed E-state index contributed by atoms with van der Waals surface area (Å²) in [5, 5.41) is -0.191. The van der Waals surface area contributed by atoms with E-state index in [0.717, 1.165) is 25.9 Å². The summed E-state index contributed by atoms with van der Waals surface area (Å²) < 4.78 is 4.96. The van der Waals surface area contributed by atoms with E-state index in [9.17, 15) is 9.59 Å². The molecule has 0 saturated carbocycles. The zero-order valence-corrected chi connectivity index (χ0v) is 12.4. The molecule has 2 atom stereocenters. The van der Waals surface area contributed by atoms with Crippen molar-refractivity contribution in [2.24, 2.45) is 0 Å². The minimum absolute atomic E-state index is 0.0847. The number of carbonyl (C=O) groups is 2. The molecule has 1 amide bonds. The van der Waals surface area contributed by atoms with Crippen LogP contribution in [0.5, 0.6) is 0 Å². The Morgan fingerprint density at radius 2 is 2.05 bits per heavy atom. The van der Waals surface area contributed by atoms with Crippen LogP contribution in [0.2, 0.25) is 0 Å². The van der Waals surface area contributed by atoms with Crippen LogP contribution in [0.3, 0.4) is 0 Å². The van der Waals surface area contributed by atoms with Gasteiger partial charge in [-0.3, -0.25) is 14.5 Å². The zero-order valence-electron chi connectivity index (χ0n) is 11.6. The van der Waals surface area contributed by atoms with Gasteiger partial charge in [-0.1, -0.05) is 6.42 Å². The van der Waals surface area contributed by atoms with Crippen LogP contribution < -0.4 is 0 Å². The molecule has 0 aliphatic carbocycles. The van der Waals surface area contributed by atoms with E-state index in [-0.39, 0.29) is 29.0 Å². The maximum atomic E-state index is 12.3. The predicted molar refractivity (Wildman–Crippen MR) is 74.6 cm³/mol. The molecule has 0 spiro atoms. The number of likely N-dealkylation sites (N-methyl/N-ethyl adjacent to an activating group) is 1. The molecule has 108 valence electrons. The summed E-state index contributed by atoms with van der Waals surface area (Å²) in [5.41, 5.74) is 0. The first kappa shape index (κ1) is 14.7. The van der Waals surface area contributed by atoms with Crippen LogP contribution in [0.25, 0.3) is 0 Å². The molecule has 0 aromatic rings. The molecule has 2 saturated heterocycles.